The molecule has 0 aliphatic carbocycles. The van der Waals surface area contributed by atoms with E-state index in [0.29, 0.717) is 11.4 Å². The minimum absolute atomic E-state index is 0.175. The molecule has 0 fully saturated rings. The van der Waals surface area contributed by atoms with E-state index in [1.165, 1.54) is 24.3 Å². The van der Waals surface area contributed by atoms with Gasteiger partial charge in [-0.1, -0.05) is 12.1 Å². The zero-order valence-electron chi connectivity index (χ0n) is 18.3. The molecule has 0 saturated carbocycles. The lowest BCUT2D eigenvalue weighted by Gasteiger charge is -2.05. The molecule has 0 unspecified atom stereocenters. The predicted octanol–water partition coefficient (Wildman–Crippen LogP) is 3.02. The summed E-state index contributed by atoms with van der Waals surface area (Å²) in [5.74, 6) is 0. The number of nitrogens with zero attached hydrogens (tertiary/aromatic N) is 2. The number of aromatic nitrogens is 2. The maximum atomic E-state index is 11.5. The second-order valence-corrected chi connectivity index (χ2v) is 10.7. The summed E-state index contributed by atoms with van der Waals surface area (Å²) in [6, 6.07) is 16.3. The van der Waals surface area contributed by atoms with E-state index >= 15 is 0 Å². The van der Waals surface area contributed by atoms with Crippen molar-refractivity contribution in [2.75, 3.05) is 0 Å². The fraction of sp³-hybridized carbons (Fsp3) is 0.0833. The van der Waals surface area contributed by atoms with Gasteiger partial charge in [0.05, 0.1) is 0 Å². The molecule has 2 aromatic carbocycles. The van der Waals surface area contributed by atoms with Crippen molar-refractivity contribution >= 4 is 20.2 Å². The molecule has 0 aliphatic heterocycles. The van der Waals surface area contributed by atoms with Crippen LogP contribution in [0.2, 0.25) is 0 Å². The first-order chi connectivity index (χ1) is 15.9. The van der Waals surface area contributed by atoms with Crippen LogP contribution in [0.4, 0.5) is 0 Å². The molecule has 10 heteroatoms. The van der Waals surface area contributed by atoms with Crippen LogP contribution in [0.15, 0.2) is 95.2 Å². The Morgan fingerprint density at radius 3 is 1.18 bits per heavy atom. The van der Waals surface area contributed by atoms with Gasteiger partial charge in [-0.25, -0.2) is 0 Å². The van der Waals surface area contributed by atoms with E-state index in [1.807, 2.05) is 38.1 Å². The number of aryl methyl sites for hydroxylation is 2. The van der Waals surface area contributed by atoms with E-state index in [0.717, 1.165) is 22.3 Å². The summed E-state index contributed by atoms with van der Waals surface area (Å²) in [5.41, 5.74) is 4.76. The van der Waals surface area contributed by atoms with Crippen LogP contribution >= 0.6 is 0 Å². The highest BCUT2D eigenvalue weighted by Gasteiger charge is 2.19. The number of pyridine rings is 2. The van der Waals surface area contributed by atoms with Crippen molar-refractivity contribution in [3.05, 3.63) is 96.6 Å². The van der Waals surface area contributed by atoms with Crippen molar-refractivity contribution in [3.63, 3.8) is 0 Å². The molecule has 4 aromatic rings. The molecule has 4 rings (SSSR count). The standard InChI is InChI=1S/C24H20N2O6S2/c1-17-3-5-21(33(27,28)29)15-23(17)25-11-7-19(8-12-25)20-9-13-26(14-10-20)24-16-22(34(30,31)32)6-4-18(24)2/h3-16H,1-2H3/p+2. The van der Waals surface area contributed by atoms with E-state index in [-0.39, 0.29) is 9.79 Å². The molecule has 34 heavy (non-hydrogen) atoms. The molecule has 2 heterocycles. The molecule has 0 saturated heterocycles. The van der Waals surface area contributed by atoms with Crippen molar-refractivity contribution in [2.24, 2.45) is 0 Å². The lowest BCUT2D eigenvalue weighted by molar-refractivity contribution is -0.596. The minimum Gasteiger partial charge on any atom is -0.282 e. The van der Waals surface area contributed by atoms with E-state index in [1.54, 1.807) is 46.1 Å². The van der Waals surface area contributed by atoms with Crippen molar-refractivity contribution in [2.45, 2.75) is 23.6 Å². The molecule has 2 N–H and O–H groups in total. The highest BCUT2D eigenvalue weighted by molar-refractivity contribution is 7.86. The number of rotatable bonds is 5. The zero-order chi connectivity index (χ0) is 24.7. The summed E-state index contributed by atoms with van der Waals surface area (Å²) >= 11 is 0. The summed E-state index contributed by atoms with van der Waals surface area (Å²) in [7, 11) is -8.61. The molecule has 0 spiro atoms. The average Bonchev–Trinajstić information content (AvgIpc) is 2.78. The van der Waals surface area contributed by atoms with Gasteiger partial charge in [0.1, 0.15) is 9.79 Å². The number of hydrogen-bond donors (Lipinski definition) is 2. The van der Waals surface area contributed by atoms with E-state index in [4.69, 9.17) is 0 Å². The minimum atomic E-state index is -4.31. The Morgan fingerprint density at radius 1 is 0.559 bits per heavy atom. The maximum absolute atomic E-state index is 11.5. The van der Waals surface area contributed by atoms with E-state index in [2.05, 4.69) is 0 Å². The highest BCUT2D eigenvalue weighted by atomic mass is 32.2. The van der Waals surface area contributed by atoms with Crippen LogP contribution in [0.25, 0.3) is 22.5 Å². The summed E-state index contributed by atoms with van der Waals surface area (Å²) in [6.45, 7) is 3.69. The molecule has 0 radical (unpaired) electrons. The zero-order valence-corrected chi connectivity index (χ0v) is 20.0. The van der Waals surface area contributed by atoms with Crippen LogP contribution in [0, 0.1) is 13.8 Å². The van der Waals surface area contributed by atoms with E-state index < -0.39 is 20.2 Å². The summed E-state index contributed by atoms with van der Waals surface area (Å²) in [5, 5.41) is 0. The van der Waals surface area contributed by atoms with Gasteiger partial charge in [-0.15, -0.1) is 0 Å². The van der Waals surface area contributed by atoms with Crippen molar-refractivity contribution < 1.29 is 35.1 Å². The largest absolute Gasteiger partial charge is 0.294 e. The molecule has 2 aromatic heterocycles. The highest BCUT2D eigenvalue weighted by Crippen LogP contribution is 2.20. The molecular formula is C24H22N2O6S2+2. The van der Waals surface area contributed by atoms with Crippen molar-refractivity contribution in [1.82, 2.24) is 0 Å². The summed E-state index contributed by atoms with van der Waals surface area (Å²) in [4.78, 5) is -0.351. The molecule has 0 aliphatic rings. The summed E-state index contributed by atoms with van der Waals surface area (Å²) < 4.78 is 68.2. The maximum Gasteiger partial charge on any atom is 0.294 e. The topological polar surface area (TPSA) is 117 Å². The molecule has 0 bridgehead atoms. The Balaban J connectivity index is 1.65. The Kier molecular flexibility index (Phi) is 6.09. The average molecular weight is 499 g/mol. The van der Waals surface area contributed by atoms with Crippen LogP contribution in [0.5, 0.6) is 0 Å². The molecule has 0 atom stereocenters. The second kappa shape index (κ2) is 8.73. The molecule has 8 nitrogen and oxygen atoms in total. The summed E-state index contributed by atoms with van der Waals surface area (Å²) in [6.07, 6.45) is 7.19. The van der Waals surface area contributed by atoms with Gasteiger partial charge in [0.25, 0.3) is 20.2 Å². The number of hydrogen-bond acceptors (Lipinski definition) is 4. The molecule has 0 amide bonds. The quantitative estimate of drug-likeness (QED) is 0.323. The van der Waals surface area contributed by atoms with Gasteiger partial charge in [-0.05, 0) is 37.1 Å². The van der Waals surface area contributed by atoms with Gasteiger partial charge in [0.2, 0.25) is 11.4 Å². The van der Waals surface area contributed by atoms with E-state index in [9.17, 15) is 25.9 Å². The normalized spacial score (nSPS) is 12.0. The monoisotopic (exact) mass is 498 g/mol. The first-order valence-corrected chi connectivity index (χ1v) is 13.0. The fourth-order valence-electron chi connectivity index (χ4n) is 3.61. The van der Waals surface area contributed by atoms with Gasteiger partial charge >= 0.3 is 0 Å². The lowest BCUT2D eigenvalue weighted by Crippen LogP contribution is -2.31. The Hall–Kier alpha value is -3.44. The first-order valence-electron chi connectivity index (χ1n) is 10.1. The van der Waals surface area contributed by atoms with Gasteiger partial charge in [-0.3, -0.25) is 9.11 Å². The lowest BCUT2D eigenvalue weighted by atomic mass is 10.1. The SMILES string of the molecule is Cc1ccc(S(=O)(=O)O)cc1-[n+]1ccc(-c2cc[n+](-c3cc(S(=O)(=O)O)ccc3C)cc2)cc1. The first kappa shape index (κ1) is 23.7. The van der Waals surface area contributed by atoms with Crippen molar-refractivity contribution in [1.29, 1.82) is 0 Å². The molecule has 174 valence electrons. The second-order valence-electron chi connectivity index (χ2n) is 7.83. The fourth-order valence-corrected chi connectivity index (χ4v) is 4.62. The van der Waals surface area contributed by atoms with Crippen molar-refractivity contribution in [3.8, 4) is 22.5 Å². The van der Waals surface area contributed by atoms with Gasteiger partial charge in [-0.2, -0.15) is 26.0 Å². The van der Waals surface area contributed by atoms with Gasteiger partial charge in [0, 0.05) is 47.5 Å². The third kappa shape index (κ3) is 4.90. The van der Waals surface area contributed by atoms with Crippen LogP contribution in [0.1, 0.15) is 11.1 Å². The molecular weight excluding hydrogens is 476 g/mol. The van der Waals surface area contributed by atoms with Crippen LogP contribution < -0.4 is 9.13 Å². The van der Waals surface area contributed by atoms with Gasteiger partial charge in [0.15, 0.2) is 24.8 Å². The van der Waals surface area contributed by atoms with Crippen LogP contribution in [-0.4, -0.2) is 25.9 Å². The predicted molar refractivity (Wildman–Crippen MR) is 124 cm³/mol. The third-order valence-corrected chi connectivity index (χ3v) is 7.20. The third-order valence-electron chi connectivity index (χ3n) is 5.51. The van der Waals surface area contributed by atoms with Crippen LogP contribution in [0.3, 0.4) is 0 Å². The smallest absolute Gasteiger partial charge is 0.282 e. The van der Waals surface area contributed by atoms with Crippen LogP contribution in [-0.2, 0) is 20.2 Å². The number of benzene rings is 2. The Bertz CT molecular complexity index is 1470. The Labute approximate surface area is 197 Å². The Morgan fingerprint density at radius 2 is 0.882 bits per heavy atom. The van der Waals surface area contributed by atoms with Gasteiger partial charge < -0.3 is 0 Å².